The van der Waals surface area contributed by atoms with Crippen LogP contribution in [0.15, 0.2) is 53.6 Å². The lowest BCUT2D eigenvalue weighted by Gasteiger charge is -2.24. The zero-order valence-electron chi connectivity index (χ0n) is 14.7. The van der Waals surface area contributed by atoms with E-state index < -0.39 is 0 Å². The molecule has 2 aromatic rings. The lowest BCUT2D eigenvalue weighted by Crippen LogP contribution is -2.28. The van der Waals surface area contributed by atoms with Crippen molar-refractivity contribution in [1.29, 1.82) is 0 Å². The molecule has 0 N–H and O–H groups in total. The summed E-state index contributed by atoms with van der Waals surface area (Å²) in [6, 6.07) is 12.5. The quantitative estimate of drug-likeness (QED) is 0.767. The van der Waals surface area contributed by atoms with Crippen LogP contribution in [-0.2, 0) is 16.8 Å². The third-order valence-electron chi connectivity index (χ3n) is 4.67. The van der Waals surface area contributed by atoms with Gasteiger partial charge in [-0.05, 0) is 30.1 Å². The van der Waals surface area contributed by atoms with Crippen LogP contribution in [0.4, 0.5) is 5.69 Å². The van der Waals surface area contributed by atoms with E-state index >= 15 is 0 Å². The molecular weight excluding hydrogens is 316 g/mol. The van der Waals surface area contributed by atoms with Crippen LogP contribution in [0.1, 0.15) is 24.3 Å². The summed E-state index contributed by atoms with van der Waals surface area (Å²) >= 11 is 1.73. The Kier molecular flexibility index (Phi) is 4.61. The molecule has 1 aliphatic heterocycles. The first-order valence-electron chi connectivity index (χ1n) is 8.19. The molecule has 4 heteroatoms. The summed E-state index contributed by atoms with van der Waals surface area (Å²) in [5, 5.41) is 2.07. The van der Waals surface area contributed by atoms with E-state index in [2.05, 4.69) is 53.3 Å². The average molecular weight is 340 g/mol. The molecular formula is C20H24N2OS. The van der Waals surface area contributed by atoms with Gasteiger partial charge in [0.25, 0.3) is 0 Å². The van der Waals surface area contributed by atoms with E-state index in [1.165, 1.54) is 16.1 Å². The minimum Gasteiger partial charge on any atom is -0.347 e. The largest absolute Gasteiger partial charge is 0.347 e. The highest BCUT2D eigenvalue weighted by atomic mass is 32.1. The van der Waals surface area contributed by atoms with Gasteiger partial charge in [0, 0.05) is 41.3 Å². The van der Waals surface area contributed by atoms with Gasteiger partial charge in [0.1, 0.15) is 0 Å². The molecule has 0 bridgehead atoms. The predicted molar refractivity (Wildman–Crippen MR) is 102 cm³/mol. The number of anilines is 1. The molecule has 1 aromatic heterocycles. The SMILES string of the molecule is CN(CC(=O)/C=C1/N(C)c2ccccc2C1(C)C)Cc1cccs1. The van der Waals surface area contributed by atoms with Crippen LogP contribution in [0.2, 0.25) is 0 Å². The fourth-order valence-corrected chi connectivity index (χ4v) is 4.23. The molecule has 0 spiro atoms. The molecule has 0 unspecified atom stereocenters. The zero-order chi connectivity index (χ0) is 17.3. The number of carbonyl (C=O) groups is 1. The Hall–Kier alpha value is -1.91. The van der Waals surface area contributed by atoms with Crippen molar-refractivity contribution >= 4 is 22.8 Å². The second kappa shape index (κ2) is 6.54. The maximum absolute atomic E-state index is 12.6. The van der Waals surface area contributed by atoms with Gasteiger partial charge in [-0.3, -0.25) is 9.69 Å². The molecule has 24 heavy (non-hydrogen) atoms. The number of rotatable bonds is 5. The molecule has 3 rings (SSSR count). The van der Waals surface area contributed by atoms with Crippen LogP contribution in [0.3, 0.4) is 0 Å². The standard InChI is InChI=1S/C20H24N2OS/c1-20(2)17-9-5-6-10-18(17)22(4)19(20)12-15(23)13-21(3)14-16-8-7-11-24-16/h5-12H,13-14H2,1-4H3/b19-12+. The minimum atomic E-state index is -0.146. The van der Waals surface area contributed by atoms with Gasteiger partial charge in [0.2, 0.25) is 0 Å². The van der Waals surface area contributed by atoms with Crippen molar-refractivity contribution in [2.45, 2.75) is 25.8 Å². The molecule has 2 heterocycles. The average Bonchev–Trinajstić information content (AvgIpc) is 3.09. The molecule has 1 aromatic carbocycles. The number of benzene rings is 1. The Morgan fingerprint density at radius 3 is 2.67 bits per heavy atom. The van der Waals surface area contributed by atoms with Crippen LogP contribution in [0.5, 0.6) is 0 Å². The number of para-hydroxylation sites is 1. The zero-order valence-corrected chi connectivity index (χ0v) is 15.6. The number of thiophene rings is 1. The molecule has 1 aliphatic rings. The number of likely N-dealkylation sites (N-methyl/N-ethyl adjacent to an activating group) is 2. The normalized spacial score (nSPS) is 17.5. The number of hydrogen-bond acceptors (Lipinski definition) is 4. The second-order valence-corrected chi connectivity index (χ2v) is 7.98. The lowest BCUT2D eigenvalue weighted by molar-refractivity contribution is -0.115. The van der Waals surface area contributed by atoms with Crippen LogP contribution >= 0.6 is 11.3 Å². The fraction of sp³-hybridized carbons (Fsp3) is 0.350. The second-order valence-electron chi connectivity index (χ2n) is 6.95. The molecule has 0 saturated carbocycles. The van der Waals surface area contributed by atoms with Crippen molar-refractivity contribution in [3.05, 3.63) is 64.0 Å². The van der Waals surface area contributed by atoms with Crippen LogP contribution in [-0.4, -0.2) is 31.3 Å². The van der Waals surface area contributed by atoms with Crippen molar-refractivity contribution in [2.75, 3.05) is 25.5 Å². The molecule has 0 atom stereocenters. The lowest BCUT2D eigenvalue weighted by atomic mass is 9.83. The highest BCUT2D eigenvalue weighted by Crippen LogP contribution is 2.46. The van der Waals surface area contributed by atoms with Crippen molar-refractivity contribution in [3.63, 3.8) is 0 Å². The van der Waals surface area contributed by atoms with Gasteiger partial charge in [-0.15, -0.1) is 11.3 Å². The molecule has 0 fully saturated rings. The van der Waals surface area contributed by atoms with Gasteiger partial charge in [-0.2, -0.15) is 0 Å². The highest BCUT2D eigenvalue weighted by molar-refractivity contribution is 7.09. The summed E-state index contributed by atoms with van der Waals surface area (Å²) in [5.41, 5.74) is 3.39. The van der Waals surface area contributed by atoms with Crippen molar-refractivity contribution in [3.8, 4) is 0 Å². The van der Waals surface area contributed by atoms with Crippen molar-refractivity contribution < 1.29 is 4.79 Å². The summed E-state index contributed by atoms with van der Waals surface area (Å²) in [6.45, 7) is 5.61. The van der Waals surface area contributed by atoms with E-state index in [4.69, 9.17) is 0 Å². The predicted octanol–water partition coefficient (Wildman–Crippen LogP) is 4.06. The van der Waals surface area contributed by atoms with E-state index in [9.17, 15) is 4.79 Å². The number of hydrogen-bond donors (Lipinski definition) is 0. The molecule has 0 amide bonds. The summed E-state index contributed by atoms with van der Waals surface area (Å²) < 4.78 is 0. The first-order chi connectivity index (χ1) is 11.4. The van der Waals surface area contributed by atoms with Gasteiger partial charge < -0.3 is 4.90 Å². The van der Waals surface area contributed by atoms with E-state index in [1.54, 1.807) is 11.3 Å². The van der Waals surface area contributed by atoms with Crippen LogP contribution < -0.4 is 4.90 Å². The van der Waals surface area contributed by atoms with Gasteiger partial charge in [0.15, 0.2) is 5.78 Å². The smallest absolute Gasteiger partial charge is 0.171 e. The Labute approximate surface area is 148 Å². The Morgan fingerprint density at radius 2 is 2.00 bits per heavy atom. The Balaban J connectivity index is 1.75. The van der Waals surface area contributed by atoms with Crippen molar-refractivity contribution in [1.82, 2.24) is 4.90 Å². The van der Waals surface area contributed by atoms with E-state index in [-0.39, 0.29) is 11.2 Å². The summed E-state index contributed by atoms with van der Waals surface area (Å²) in [6.07, 6.45) is 1.82. The topological polar surface area (TPSA) is 23.6 Å². The van der Waals surface area contributed by atoms with Crippen LogP contribution in [0, 0.1) is 0 Å². The molecule has 0 aliphatic carbocycles. The van der Waals surface area contributed by atoms with Crippen molar-refractivity contribution in [2.24, 2.45) is 0 Å². The highest BCUT2D eigenvalue weighted by Gasteiger charge is 2.38. The fourth-order valence-electron chi connectivity index (χ4n) is 3.45. The number of carbonyl (C=O) groups excluding carboxylic acids is 1. The summed E-state index contributed by atoms with van der Waals surface area (Å²) in [7, 11) is 4.04. The third-order valence-corrected chi connectivity index (χ3v) is 5.53. The first kappa shape index (κ1) is 16.9. The number of allylic oxidation sites excluding steroid dienone is 1. The first-order valence-corrected chi connectivity index (χ1v) is 9.06. The van der Waals surface area contributed by atoms with Gasteiger partial charge in [-0.1, -0.05) is 38.1 Å². The maximum atomic E-state index is 12.6. The van der Waals surface area contributed by atoms with E-state index in [0.29, 0.717) is 6.54 Å². The monoisotopic (exact) mass is 340 g/mol. The minimum absolute atomic E-state index is 0.146. The van der Waals surface area contributed by atoms with E-state index in [1.807, 2.05) is 32.3 Å². The summed E-state index contributed by atoms with van der Waals surface area (Å²) in [5.74, 6) is 0.150. The molecule has 0 saturated heterocycles. The van der Waals surface area contributed by atoms with E-state index in [0.717, 1.165) is 12.2 Å². The third kappa shape index (κ3) is 3.17. The Morgan fingerprint density at radius 1 is 1.25 bits per heavy atom. The molecule has 126 valence electrons. The van der Waals surface area contributed by atoms with Gasteiger partial charge in [-0.25, -0.2) is 0 Å². The molecule has 3 nitrogen and oxygen atoms in total. The maximum Gasteiger partial charge on any atom is 0.171 e. The molecule has 0 radical (unpaired) electrons. The Bertz CT molecular complexity index is 762. The summed E-state index contributed by atoms with van der Waals surface area (Å²) in [4.78, 5) is 18.1. The van der Waals surface area contributed by atoms with Gasteiger partial charge >= 0.3 is 0 Å². The number of nitrogens with zero attached hydrogens (tertiary/aromatic N) is 2. The number of ketones is 1. The number of fused-ring (bicyclic) bond motifs is 1. The van der Waals surface area contributed by atoms with Gasteiger partial charge in [0.05, 0.1) is 6.54 Å². The van der Waals surface area contributed by atoms with Crippen LogP contribution in [0.25, 0.3) is 0 Å².